The number of carbonyl (C=O) groups excluding carboxylic acids is 2. The van der Waals surface area contributed by atoms with Crippen molar-refractivity contribution in [3.05, 3.63) is 83.9 Å². The Morgan fingerprint density at radius 2 is 1.34 bits per heavy atom. The third-order valence-electron chi connectivity index (χ3n) is 8.65. The van der Waals surface area contributed by atoms with E-state index in [0.29, 0.717) is 18.4 Å². The number of carbonyl (C=O) groups is 2. The minimum absolute atomic E-state index is 0.148. The third kappa shape index (κ3) is 4.24. The monoisotopic (exact) mass is 503 g/mol. The molecule has 192 valence electrons. The lowest BCUT2D eigenvalue weighted by molar-refractivity contribution is -0.131. The summed E-state index contributed by atoms with van der Waals surface area (Å²) >= 11 is 0. The summed E-state index contributed by atoms with van der Waals surface area (Å²) in [4.78, 5) is 34.8. The summed E-state index contributed by atoms with van der Waals surface area (Å²) in [7, 11) is 0. The molecular formula is C33H33N3O2. The van der Waals surface area contributed by atoms with Gasteiger partial charge in [-0.2, -0.15) is 0 Å². The van der Waals surface area contributed by atoms with Crippen LogP contribution in [0.4, 0.5) is 0 Å². The summed E-state index contributed by atoms with van der Waals surface area (Å²) in [6.45, 7) is 4.33. The van der Waals surface area contributed by atoms with Crippen molar-refractivity contribution in [2.45, 2.75) is 44.6 Å². The van der Waals surface area contributed by atoms with Gasteiger partial charge in [-0.25, -0.2) is 0 Å². The highest BCUT2D eigenvalue weighted by Gasteiger charge is 2.57. The highest BCUT2D eigenvalue weighted by atomic mass is 16.2. The summed E-state index contributed by atoms with van der Waals surface area (Å²) < 4.78 is 0. The van der Waals surface area contributed by atoms with Crippen molar-refractivity contribution in [3.63, 3.8) is 0 Å². The van der Waals surface area contributed by atoms with Crippen LogP contribution >= 0.6 is 0 Å². The van der Waals surface area contributed by atoms with Crippen LogP contribution < -0.4 is 0 Å². The van der Waals surface area contributed by atoms with E-state index in [0.717, 1.165) is 62.2 Å². The van der Waals surface area contributed by atoms with E-state index in [9.17, 15) is 9.59 Å². The number of amides is 2. The summed E-state index contributed by atoms with van der Waals surface area (Å²) in [6, 6.07) is 25.7. The zero-order valence-electron chi connectivity index (χ0n) is 21.9. The van der Waals surface area contributed by atoms with Crippen molar-refractivity contribution in [2.24, 2.45) is 16.8 Å². The maximum Gasteiger partial charge on any atom is 0.256 e. The minimum Gasteiger partial charge on any atom is -0.342 e. The molecule has 5 nitrogen and oxygen atoms in total. The number of hydrogen-bond donors (Lipinski definition) is 0. The number of rotatable bonds is 6. The largest absolute Gasteiger partial charge is 0.342 e. The molecule has 3 aromatic rings. The highest BCUT2D eigenvalue weighted by molar-refractivity contribution is 6.16. The van der Waals surface area contributed by atoms with Gasteiger partial charge in [0.15, 0.2) is 0 Å². The molecule has 1 unspecified atom stereocenters. The molecule has 0 radical (unpaired) electrons. The molecule has 0 N–H and O–H groups in total. The average Bonchev–Trinajstić information content (AvgIpc) is 3.87. The maximum absolute atomic E-state index is 13.4. The van der Waals surface area contributed by atoms with E-state index < -0.39 is 5.54 Å². The molecule has 2 aliphatic carbocycles. The fourth-order valence-corrected chi connectivity index (χ4v) is 5.93. The molecule has 7 rings (SSSR count). The van der Waals surface area contributed by atoms with E-state index in [1.807, 2.05) is 9.80 Å². The number of nitrogens with zero attached hydrogens (tertiary/aromatic N) is 3. The standard InChI is InChI=1S/C33H33N3O2/c1-22-2-4-24(5-3-22)25-6-8-26(9-7-25)27-10-12-28(13-11-27)30-34-33(17-18-33)32(38)36(30)21-23-16-19-35(20-23)31(37)29-14-15-29/h2-13,23,29H,14-21H2,1H3. The second-order valence-electron chi connectivity index (χ2n) is 11.6. The molecule has 0 bridgehead atoms. The molecule has 1 saturated heterocycles. The predicted molar refractivity (Wildman–Crippen MR) is 150 cm³/mol. The second kappa shape index (κ2) is 8.93. The van der Waals surface area contributed by atoms with Crippen LogP contribution in [-0.2, 0) is 9.59 Å². The summed E-state index contributed by atoms with van der Waals surface area (Å²) in [6.07, 6.45) is 4.72. The quantitative estimate of drug-likeness (QED) is 0.433. The molecule has 5 heteroatoms. The van der Waals surface area contributed by atoms with Gasteiger partial charge in [-0.15, -0.1) is 0 Å². The molecule has 0 aromatic heterocycles. The molecule has 1 atom stereocenters. The number of likely N-dealkylation sites (tertiary alicyclic amines) is 1. The average molecular weight is 504 g/mol. The molecular weight excluding hydrogens is 470 g/mol. The first kappa shape index (κ1) is 23.4. The van der Waals surface area contributed by atoms with Crippen molar-refractivity contribution in [1.82, 2.24) is 9.80 Å². The van der Waals surface area contributed by atoms with Gasteiger partial charge >= 0.3 is 0 Å². The Balaban J connectivity index is 1.08. The van der Waals surface area contributed by atoms with Crippen LogP contribution in [0.1, 0.15) is 43.2 Å². The summed E-state index contributed by atoms with van der Waals surface area (Å²) in [5.41, 5.74) is 6.47. The Labute approximate surface area is 224 Å². The smallest absolute Gasteiger partial charge is 0.256 e. The van der Waals surface area contributed by atoms with E-state index in [1.54, 1.807) is 0 Å². The molecule has 4 aliphatic rings. The van der Waals surface area contributed by atoms with E-state index in [1.165, 1.54) is 22.3 Å². The van der Waals surface area contributed by atoms with Gasteiger partial charge in [0.05, 0.1) is 0 Å². The van der Waals surface area contributed by atoms with Crippen LogP contribution in [0.5, 0.6) is 0 Å². The highest BCUT2D eigenvalue weighted by Crippen LogP contribution is 2.46. The molecule has 2 aliphatic heterocycles. The van der Waals surface area contributed by atoms with Crippen LogP contribution in [0.3, 0.4) is 0 Å². The van der Waals surface area contributed by atoms with Crippen LogP contribution in [0.25, 0.3) is 22.3 Å². The van der Waals surface area contributed by atoms with Crippen molar-refractivity contribution in [3.8, 4) is 22.3 Å². The Morgan fingerprint density at radius 1 is 0.816 bits per heavy atom. The van der Waals surface area contributed by atoms with Gasteiger partial charge in [-0.05, 0) is 67.2 Å². The van der Waals surface area contributed by atoms with Gasteiger partial charge < -0.3 is 4.90 Å². The Bertz CT molecular complexity index is 1410. The summed E-state index contributed by atoms with van der Waals surface area (Å²) in [5, 5.41) is 0. The normalized spacial score (nSPS) is 21.8. The van der Waals surface area contributed by atoms with E-state index in [4.69, 9.17) is 4.99 Å². The van der Waals surface area contributed by atoms with Crippen molar-refractivity contribution in [2.75, 3.05) is 19.6 Å². The topological polar surface area (TPSA) is 53.0 Å². The predicted octanol–water partition coefficient (Wildman–Crippen LogP) is 5.71. The van der Waals surface area contributed by atoms with E-state index >= 15 is 0 Å². The Hall–Kier alpha value is -3.73. The number of aryl methyl sites for hydroxylation is 1. The first-order chi connectivity index (χ1) is 18.5. The van der Waals surface area contributed by atoms with Crippen LogP contribution in [-0.4, -0.2) is 52.6 Å². The fourth-order valence-electron chi connectivity index (χ4n) is 5.93. The second-order valence-corrected chi connectivity index (χ2v) is 11.6. The molecule has 38 heavy (non-hydrogen) atoms. The van der Waals surface area contributed by atoms with Crippen molar-refractivity contribution < 1.29 is 9.59 Å². The SMILES string of the molecule is Cc1ccc(-c2ccc(-c3ccc(C4=NC5(CC5)C(=O)N4CC4CCN(C(=O)C5CC5)C4)cc3)cc2)cc1. The van der Waals surface area contributed by atoms with Gasteiger partial charge in [-0.1, -0.05) is 78.4 Å². The zero-order chi connectivity index (χ0) is 25.9. The molecule has 1 spiro atoms. The van der Waals surface area contributed by atoms with E-state index in [2.05, 4.69) is 79.7 Å². The number of aliphatic imine (C=N–C) groups is 1. The van der Waals surface area contributed by atoms with Gasteiger partial charge in [0.1, 0.15) is 11.4 Å². The Morgan fingerprint density at radius 3 is 1.87 bits per heavy atom. The summed E-state index contributed by atoms with van der Waals surface area (Å²) in [5.74, 6) is 1.84. The number of hydrogen-bond acceptors (Lipinski definition) is 3. The van der Waals surface area contributed by atoms with Crippen LogP contribution in [0, 0.1) is 18.8 Å². The first-order valence-corrected chi connectivity index (χ1v) is 14.0. The van der Waals surface area contributed by atoms with Gasteiger partial charge in [0, 0.05) is 31.1 Å². The molecule has 2 amide bonds. The van der Waals surface area contributed by atoms with Crippen molar-refractivity contribution >= 4 is 17.6 Å². The van der Waals surface area contributed by atoms with Gasteiger partial charge in [0.25, 0.3) is 5.91 Å². The van der Waals surface area contributed by atoms with Crippen LogP contribution in [0.2, 0.25) is 0 Å². The van der Waals surface area contributed by atoms with Gasteiger partial charge in [0.2, 0.25) is 5.91 Å². The lowest BCUT2D eigenvalue weighted by Gasteiger charge is -2.23. The minimum atomic E-state index is -0.526. The number of amidine groups is 1. The zero-order valence-corrected chi connectivity index (χ0v) is 21.9. The first-order valence-electron chi connectivity index (χ1n) is 14.0. The molecule has 2 heterocycles. The lowest BCUT2D eigenvalue weighted by atomic mass is 9.99. The molecule has 3 fully saturated rings. The third-order valence-corrected chi connectivity index (χ3v) is 8.65. The van der Waals surface area contributed by atoms with E-state index in [-0.39, 0.29) is 11.8 Å². The molecule has 3 aromatic carbocycles. The maximum atomic E-state index is 13.4. The van der Waals surface area contributed by atoms with Crippen LogP contribution in [0.15, 0.2) is 77.8 Å². The Kier molecular flexibility index (Phi) is 5.50. The molecule has 2 saturated carbocycles. The fraction of sp³-hybridized carbons (Fsp3) is 0.364. The van der Waals surface area contributed by atoms with Gasteiger partial charge in [-0.3, -0.25) is 19.5 Å². The van der Waals surface area contributed by atoms with Crippen molar-refractivity contribution in [1.29, 1.82) is 0 Å². The lowest BCUT2D eigenvalue weighted by Crippen LogP contribution is -2.40. The number of benzene rings is 3.